The molecule has 0 saturated carbocycles. The van der Waals surface area contributed by atoms with E-state index >= 15 is 0 Å². The van der Waals surface area contributed by atoms with Crippen LogP contribution in [0.2, 0.25) is 0 Å². The summed E-state index contributed by atoms with van der Waals surface area (Å²) in [4.78, 5) is 27.5. The van der Waals surface area contributed by atoms with Crippen LogP contribution < -0.4 is 5.32 Å². The summed E-state index contributed by atoms with van der Waals surface area (Å²) in [6.07, 6.45) is 0.0489. The third kappa shape index (κ3) is 5.93. The summed E-state index contributed by atoms with van der Waals surface area (Å²) in [5.74, 6) is -0.958. The molecule has 1 unspecified atom stereocenters. The van der Waals surface area contributed by atoms with Crippen LogP contribution in [-0.4, -0.2) is 55.6 Å². The molecule has 1 atom stereocenters. The van der Waals surface area contributed by atoms with Crippen LogP contribution in [0.5, 0.6) is 0 Å². The van der Waals surface area contributed by atoms with Crippen molar-refractivity contribution in [2.24, 2.45) is 0 Å². The second-order valence-electron chi connectivity index (χ2n) is 8.25. The standard InChI is InChI=1S/C26H26FN3O4S/c27-22-11-13-23(14-12-22)35(33,34)30-17-15-29(16-18-30)25(31)19-24(20-7-3-1-4-8-20)28-26(32)21-9-5-2-6-10-21/h1-14,24H,15-19H2,(H,28,32). The van der Waals surface area contributed by atoms with Gasteiger partial charge in [-0.2, -0.15) is 4.31 Å². The minimum atomic E-state index is -3.77. The van der Waals surface area contributed by atoms with E-state index in [2.05, 4.69) is 5.32 Å². The lowest BCUT2D eigenvalue weighted by Gasteiger charge is -2.34. The first-order valence-electron chi connectivity index (χ1n) is 11.3. The van der Waals surface area contributed by atoms with Crippen molar-refractivity contribution in [3.05, 3.63) is 102 Å². The number of nitrogens with one attached hydrogen (secondary N) is 1. The summed E-state index contributed by atoms with van der Waals surface area (Å²) in [6, 6.07) is 22.2. The number of halogens is 1. The van der Waals surface area contributed by atoms with Gasteiger partial charge in [-0.3, -0.25) is 9.59 Å². The van der Waals surface area contributed by atoms with E-state index in [-0.39, 0.29) is 49.3 Å². The fraction of sp³-hybridized carbons (Fsp3) is 0.231. The molecule has 3 aromatic rings. The van der Waals surface area contributed by atoms with E-state index in [1.165, 1.54) is 16.4 Å². The SMILES string of the molecule is O=C(NC(CC(=O)N1CCN(S(=O)(=O)c2ccc(F)cc2)CC1)c1ccccc1)c1ccccc1. The van der Waals surface area contributed by atoms with E-state index in [1.54, 1.807) is 29.2 Å². The lowest BCUT2D eigenvalue weighted by molar-refractivity contribution is -0.132. The molecule has 0 aromatic heterocycles. The Balaban J connectivity index is 1.41. The van der Waals surface area contributed by atoms with Crippen molar-refractivity contribution >= 4 is 21.8 Å². The van der Waals surface area contributed by atoms with Crippen molar-refractivity contribution in [2.75, 3.05) is 26.2 Å². The maximum Gasteiger partial charge on any atom is 0.251 e. The minimum absolute atomic E-state index is 0.0199. The molecule has 1 saturated heterocycles. The molecule has 1 N–H and O–H groups in total. The minimum Gasteiger partial charge on any atom is -0.345 e. The lowest BCUT2D eigenvalue weighted by atomic mass is 10.0. The predicted octanol–water partition coefficient (Wildman–Crippen LogP) is 3.22. The number of hydrogen-bond donors (Lipinski definition) is 1. The van der Waals surface area contributed by atoms with Crippen molar-refractivity contribution in [1.82, 2.24) is 14.5 Å². The van der Waals surface area contributed by atoms with Gasteiger partial charge in [-0.15, -0.1) is 0 Å². The van der Waals surface area contributed by atoms with Gasteiger partial charge < -0.3 is 10.2 Å². The zero-order valence-electron chi connectivity index (χ0n) is 19.0. The summed E-state index contributed by atoms with van der Waals surface area (Å²) in [6.45, 7) is 0.733. The van der Waals surface area contributed by atoms with E-state index in [4.69, 9.17) is 0 Å². The third-order valence-electron chi connectivity index (χ3n) is 5.96. The molecule has 1 aliphatic heterocycles. The van der Waals surface area contributed by atoms with Gasteiger partial charge in [-0.05, 0) is 42.0 Å². The van der Waals surface area contributed by atoms with Crippen LogP contribution in [-0.2, 0) is 14.8 Å². The quantitative estimate of drug-likeness (QED) is 0.545. The van der Waals surface area contributed by atoms with Crippen LogP contribution in [0, 0.1) is 5.82 Å². The number of amides is 2. The molecule has 182 valence electrons. The largest absolute Gasteiger partial charge is 0.345 e. The van der Waals surface area contributed by atoms with Crippen LogP contribution in [0.3, 0.4) is 0 Å². The Morgan fingerprint density at radius 3 is 2.00 bits per heavy atom. The van der Waals surface area contributed by atoms with E-state index in [1.807, 2.05) is 36.4 Å². The molecule has 4 rings (SSSR count). The number of nitrogens with zero attached hydrogens (tertiary/aromatic N) is 2. The molecule has 7 nitrogen and oxygen atoms in total. The highest BCUT2D eigenvalue weighted by Gasteiger charge is 2.31. The number of benzene rings is 3. The lowest BCUT2D eigenvalue weighted by Crippen LogP contribution is -2.51. The molecule has 0 spiro atoms. The van der Waals surface area contributed by atoms with Crippen LogP contribution in [0.1, 0.15) is 28.4 Å². The summed E-state index contributed by atoms with van der Waals surface area (Å²) in [7, 11) is -3.77. The average molecular weight is 496 g/mol. The summed E-state index contributed by atoms with van der Waals surface area (Å²) >= 11 is 0. The molecule has 0 bridgehead atoms. The van der Waals surface area contributed by atoms with Gasteiger partial charge in [0, 0.05) is 31.7 Å². The number of carbonyl (C=O) groups is 2. The number of rotatable bonds is 7. The topological polar surface area (TPSA) is 86.8 Å². The van der Waals surface area contributed by atoms with Gasteiger partial charge in [0.1, 0.15) is 5.82 Å². The Morgan fingerprint density at radius 2 is 1.40 bits per heavy atom. The molecular formula is C26H26FN3O4S. The summed E-state index contributed by atoms with van der Waals surface area (Å²) < 4.78 is 40.2. The summed E-state index contributed by atoms with van der Waals surface area (Å²) in [5, 5.41) is 2.96. The predicted molar refractivity (Wildman–Crippen MR) is 129 cm³/mol. The fourth-order valence-electron chi connectivity index (χ4n) is 4.01. The first kappa shape index (κ1) is 24.6. The summed E-state index contributed by atoms with van der Waals surface area (Å²) in [5.41, 5.74) is 1.31. The van der Waals surface area contributed by atoms with E-state index < -0.39 is 21.9 Å². The van der Waals surface area contributed by atoms with Crippen molar-refractivity contribution in [3.8, 4) is 0 Å². The Bertz CT molecular complexity index is 1260. The zero-order chi connectivity index (χ0) is 24.8. The molecule has 2 amide bonds. The van der Waals surface area contributed by atoms with Gasteiger partial charge in [0.15, 0.2) is 0 Å². The Kier molecular flexibility index (Phi) is 7.57. The van der Waals surface area contributed by atoms with Gasteiger partial charge >= 0.3 is 0 Å². The van der Waals surface area contributed by atoms with E-state index in [9.17, 15) is 22.4 Å². The van der Waals surface area contributed by atoms with Crippen LogP contribution in [0.4, 0.5) is 4.39 Å². The highest BCUT2D eigenvalue weighted by Crippen LogP contribution is 2.22. The van der Waals surface area contributed by atoms with E-state index in [0.717, 1.165) is 17.7 Å². The van der Waals surface area contributed by atoms with Gasteiger partial charge in [0.05, 0.1) is 17.4 Å². The maximum atomic E-state index is 13.2. The number of carbonyl (C=O) groups excluding carboxylic acids is 2. The van der Waals surface area contributed by atoms with E-state index in [0.29, 0.717) is 5.56 Å². The Labute approximate surface area is 204 Å². The van der Waals surface area contributed by atoms with Gasteiger partial charge in [0.25, 0.3) is 5.91 Å². The molecule has 1 aliphatic rings. The molecule has 1 fully saturated rings. The van der Waals surface area contributed by atoms with Crippen LogP contribution in [0.15, 0.2) is 89.8 Å². The van der Waals surface area contributed by atoms with Crippen molar-refractivity contribution in [1.29, 1.82) is 0 Å². The Hall–Kier alpha value is -3.56. The molecule has 35 heavy (non-hydrogen) atoms. The Morgan fingerprint density at radius 1 is 0.829 bits per heavy atom. The number of hydrogen-bond acceptors (Lipinski definition) is 4. The first-order chi connectivity index (χ1) is 16.8. The smallest absolute Gasteiger partial charge is 0.251 e. The second-order valence-corrected chi connectivity index (χ2v) is 10.2. The molecule has 1 heterocycles. The highest BCUT2D eigenvalue weighted by molar-refractivity contribution is 7.89. The average Bonchev–Trinajstić information content (AvgIpc) is 2.89. The zero-order valence-corrected chi connectivity index (χ0v) is 19.8. The van der Waals surface area contributed by atoms with Crippen molar-refractivity contribution in [2.45, 2.75) is 17.4 Å². The highest BCUT2D eigenvalue weighted by atomic mass is 32.2. The van der Waals surface area contributed by atoms with Gasteiger partial charge in [-0.25, -0.2) is 12.8 Å². The van der Waals surface area contributed by atoms with Crippen LogP contribution >= 0.6 is 0 Å². The van der Waals surface area contributed by atoms with Crippen LogP contribution in [0.25, 0.3) is 0 Å². The number of piperazine rings is 1. The normalized spacial score (nSPS) is 15.4. The second kappa shape index (κ2) is 10.8. The molecule has 9 heteroatoms. The van der Waals surface area contributed by atoms with Crippen molar-refractivity contribution in [3.63, 3.8) is 0 Å². The molecule has 0 radical (unpaired) electrons. The third-order valence-corrected chi connectivity index (χ3v) is 7.88. The molecular weight excluding hydrogens is 469 g/mol. The monoisotopic (exact) mass is 495 g/mol. The molecule has 3 aromatic carbocycles. The van der Waals surface area contributed by atoms with Crippen molar-refractivity contribution < 1.29 is 22.4 Å². The molecule has 0 aliphatic carbocycles. The van der Waals surface area contributed by atoms with Gasteiger partial charge in [0.2, 0.25) is 15.9 Å². The first-order valence-corrected chi connectivity index (χ1v) is 12.7. The van der Waals surface area contributed by atoms with Gasteiger partial charge in [-0.1, -0.05) is 48.5 Å². The number of sulfonamides is 1. The fourth-order valence-corrected chi connectivity index (χ4v) is 5.43. The maximum absolute atomic E-state index is 13.2.